The molecular weight excluding hydrogens is 386 g/mol. The second-order valence-corrected chi connectivity index (χ2v) is 6.72. The lowest BCUT2D eigenvalue weighted by Gasteiger charge is -2.05. The number of ether oxygens (including phenoxy) is 1. The number of non-ortho nitro benzene ring substituents is 1. The summed E-state index contributed by atoms with van der Waals surface area (Å²) in [5, 5.41) is 14.6. The van der Waals surface area contributed by atoms with Crippen molar-refractivity contribution in [1.29, 1.82) is 0 Å². The first-order chi connectivity index (χ1) is 14.5. The number of nitrogens with zero attached hydrogens (tertiary/aromatic N) is 2. The average molecular weight is 411 g/mol. The van der Waals surface area contributed by atoms with Gasteiger partial charge in [0.2, 0.25) is 5.91 Å². The van der Waals surface area contributed by atoms with Crippen molar-refractivity contribution in [2.75, 3.05) is 0 Å². The van der Waals surface area contributed by atoms with E-state index in [9.17, 15) is 19.7 Å². The Morgan fingerprint density at radius 2 is 1.83 bits per heavy atom. The molecule has 2 aromatic carbocycles. The Bertz CT molecular complexity index is 894. The summed E-state index contributed by atoms with van der Waals surface area (Å²) in [4.78, 5) is 34.1. The molecule has 0 spiro atoms. The molecule has 1 N–H and O–H groups in total. The van der Waals surface area contributed by atoms with E-state index in [4.69, 9.17) is 4.74 Å². The van der Waals surface area contributed by atoms with Gasteiger partial charge in [0.05, 0.1) is 16.7 Å². The molecular formula is C22H25N3O5. The molecule has 0 bridgehead atoms. The molecule has 0 aromatic heterocycles. The normalized spacial score (nSPS) is 10.7. The van der Waals surface area contributed by atoms with Crippen LogP contribution in [0.1, 0.15) is 61.4 Å². The van der Waals surface area contributed by atoms with Crippen LogP contribution in [-0.2, 0) is 4.79 Å². The smallest absolute Gasteiger partial charge is 0.343 e. The maximum absolute atomic E-state index is 12.2. The van der Waals surface area contributed by atoms with Gasteiger partial charge in [0.15, 0.2) is 0 Å². The van der Waals surface area contributed by atoms with Gasteiger partial charge in [0.1, 0.15) is 5.75 Å². The highest BCUT2D eigenvalue weighted by atomic mass is 16.6. The van der Waals surface area contributed by atoms with Gasteiger partial charge >= 0.3 is 5.97 Å². The zero-order valence-electron chi connectivity index (χ0n) is 16.9. The van der Waals surface area contributed by atoms with Crippen molar-refractivity contribution in [3.63, 3.8) is 0 Å². The van der Waals surface area contributed by atoms with Crippen LogP contribution in [0.3, 0.4) is 0 Å². The van der Waals surface area contributed by atoms with Gasteiger partial charge in [-0.05, 0) is 36.2 Å². The van der Waals surface area contributed by atoms with E-state index in [0.717, 1.165) is 19.3 Å². The van der Waals surface area contributed by atoms with Gasteiger partial charge in [0.25, 0.3) is 5.69 Å². The predicted molar refractivity (Wildman–Crippen MR) is 114 cm³/mol. The third-order valence-electron chi connectivity index (χ3n) is 4.29. The van der Waals surface area contributed by atoms with Crippen LogP contribution in [0.4, 0.5) is 5.69 Å². The highest BCUT2D eigenvalue weighted by Crippen LogP contribution is 2.16. The van der Waals surface area contributed by atoms with Crippen LogP contribution in [0.25, 0.3) is 0 Å². The van der Waals surface area contributed by atoms with Gasteiger partial charge in [-0.1, -0.05) is 44.7 Å². The number of unbranched alkanes of at least 4 members (excludes halogenated alkanes) is 4. The lowest BCUT2D eigenvalue weighted by atomic mass is 10.1. The molecule has 2 rings (SSSR count). The highest BCUT2D eigenvalue weighted by molar-refractivity contribution is 5.91. The molecule has 0 heterocycles. The Balaban J connectivity index is 1.85. The van der Waals surface area contributed by atoms with Gasteiger partial charge in [-0.25, -0.2) is 10.2 Å². The highest BCUT2D eigenvalue weighted by Gasteiger charge is 2.11. The van der Waals surface area contributed by atoms with E-state index in [1.807, 2.05) is 0 Å². The molecule has 0 aliphatic carbocycles. The van der Waals surface area contributed by atoms with Crippen LogP contribution in [0, 0.1) is 10.1 Å². The molecule has 0 atom stereocenters. The predicted octanol–water partition coefficient (Wildman–Crippen LogP) is 4.62. The van der Waals surface area contributed by atoms with Crippen molar-refractivity contribution in [1.82, 2.24) is 5.43 Å². The maximum atomic E-state index is 12.2. The fourth-order valence-electron chi connectivity index (χ4n) is 2.67. The van der Waals surface area contributed by atoms with Crippen LogP contribution in [0.2, 0.25) is 0 Å². The lowest BCUT2D eigenvalue weighted by Crippen LogP contribution is -2.16. The monoisotopic (exact) mass is 411 g/mol. The minimum atomic E-state index is -0.629. The van der Waals surface area contributed by atoms with E-state index in [1.165, 1.54) is 43.3 Å². The van der Waals surface area contributed by atoms with E-state index in [1.54, 1.807) is 24.3 Å². The quantitative estimate of drug-likeness (QED) is 0.145. The first-order valence-corrected chi connectivity index (χ1v) is 9.88. The van der Waals surface area contributed by atoms with Gasteiger partial charge in [-0.3, -0.25) is 14.9 Å². The van der Waals surface area contributed by atoms with E-state index in [0.29, 0.717) is 17.7 Å². The molecule has 0 saturated carbocycles. The molecule has 158 valence electrons. The maximum Gasteiger partial charge on any atom is 0.343 e. The molecule has 0 radical (unpaired) electrons. The minimum Gasteiger partial charge on any atom is -0.423 e. The van der Waals surface area contributed by atoms with Crippen molar-refractivity contribution in [3.05, 3.63) is 69.8 Å². The molecule has 0 aliphatic rings. The first kappa shape index (κ1) is 22.7. The van der Waals surface area contributed by atoms with Crippen LogP contribution >= 0.6 is 0 Å². The summed E-state index contributed by atoms with van der Waals surface area (Å²) in [6, 6.07) is 11.8. The van der Waals surface area contributed by atoms with Crippen molar-refractivity contribution in [2.45, 2.75) is 45.4 Å². The number of rotatable bonds is 11. The van der Waals surface area contributed by atoms with Crippen LogP contribution in [0.5, 0.6) is 5.75 Å². The number of nitro groups is 1. The SMILES string of the molecule is CCCCCCCC(=O)N/N=C/c1cccc(OC(=O)c2ccc([N+](=O)[O-])cc2)c1. The molecule has 0 unspecified atom stereocenters. The summed E-state index contributed by atoms with van der Waals surface area (Å²) >= 11 is 0. The number of amides is 1. The van der Waals surface area contributed by atoms with Crippen LogP contribution in [0.15, 0.2) is 53.6 Å². The Morgan fingerprint density at radius 3 is 2.53 bits per heavy atom. The molecule has 0 saturated heterocycles. The molecule has 0 aliphatic heterocycles. The number of benzene rings is 2. The summed E-state index contributed by atoms with van der Waals surface area (Å²) in [6.07, 6.45) is 7.27. The zero-order valence-corrected chi connectivity index (χ0v) is 16.9. The number of hydrazone groups is 1. The number of carbonyl (C=O) groups is 2. The number of hydrogen-bond acceptors (Lipinski definition) is 6. The molecule has 0 fully saturated rings. The molecule has 2 aromatic rings. The van der Waals surface area contributed by atoms with Gasteiger partial charge in [-0.15, -0.1) is 0 Å². The summed E-state index contributed by atoms with van der Waals surface area (Å²) < 4.78 is 5.30. The fraction of sp³-hybridized carbons (Fsp3) is 0.318. The zero-order chi connectivity index (χ0) is 21.8. The Morgan fingerprint density at radius 1 is 1.10 bits per heavy atom. The largest absolute Gasteiger partial charge is 0.423 e. The van der Waals surface area contributed by atoms with Gasteiger partial charge in [-0.2, -0.15) is 5.10 Å². The number of nitrogens with one attached hydrogen (secondary N) is 1. The number of carbonyl (C=O) groups excluding carboxylic acids is 2. The molecule has 1 amide bonds. The minimum absolute atomic E-state index is 0.104. The third kappa shape index (κ3) is 7.83. The lowest BCUT2D eigenvalue weighted by molar-refractivity contribution is -0.384. The number of esters is 1. The summed E-state index contributed by atoms with van der Waals surface area (Å²) in [5.74, 6) is -0.469. The fourth-order valence-corrected chi connectivity index (χ4v) is 2.67. The van der Waals surface area contributed by atoms with E-state index in [-0.39, 0.29) is 17.2 Å². The average Bonchev–Trinajstić information content (AvgIpc) is 2.74. The Labute approximate surface area is 175 Å². The van der Waals surface area contributed by atoms with Gasteiger partial charge in [0, 0.05) is 18.6 Å². The Kier molecular flexibility index (Phi) is 9.18. The Hall–Kier alpha value is -3.55. The molecule has 8 heteroatoms. The number of hydrogen-bond donors (Lipinski definition) is 1. The van der Waals surface area contributed by atoms with Crippen LogP contribution < -0.4 is 10.2 Å². The summed E-state index contributed by atoms with van der Waals surface area (Å²) in [6.45, 7) is 2.15. The standard InChI is InChI=1S/C22H25N3O5/c1-2-3-4-5-6-10-21(26)24-23-16-17-8-7-9-20(15-17)30-22(27)18-11-13-19(14-12-18)25(28)29/h7-9,11-16H,2-6,10H2,1H3,(H,24,26)/b23-16+. The van der Waals surface area contributed by atoms with E-state index < -0.39 is 10.9 Å². The van der Waals surface area contributed by atoms with E-state index in [2.05, 4.69) is 17.5 Å². The second-order valence-electron chi connectivity index (χ2n) is 6.72. The number of nitro benzene ring substituents is 1. The van der Waals surface area contributed by atoms with Crippen molar-refractivity contribution < 1.29 is 19.2 Å². The topological polar surface area (TPSA) is 111 Å². The van der Waals surface area contributed by atoms with Gasteiger partial charge < -0.3 is 4.74 Å². The van der Waals surface area contributed by atoms with Crippen molar-refractivity contribution in [3.8, 4) is 5.75 Å². The van der Waals surface area contributed by atoms with Crippen molar-refractivity contribution in [2.24, 2.45) is 5.10 Å². The van der Waals surface area contributed by atoms with Crippen molar-refractivity contribution >= 4 is 23.8 Å². The molecule has 30 heavy (non-hydrogen) atoms. The summed E-state index contributed by atoms with van der Waals surface area (Å²) in [7, 11) is 0. The molecule has 8 nitrogen and oxygen atoms in total. The second kappa shape index (κ2) is 12.1. The van der Waals surface area contributed by atoms with Crippen LogP contribution in [-0.4, -0.2) is 23.0 Å². The van der Waals surface area contributed by atoms with E-state index >= 15 is 0 Å². The first-order valence-electron chi connectivity index (χ1n) is 9.88. The summed E-state index contributed by atoms with van der Waals surface area (Å²) in [5.41, 5.74) is 3.23. The third-order valence-corrected chi connectivity index (χ3v) is 4.29.